The van der Waals surface area contributed by atoms with Gasteiger partial charge in [-0.3, -0.25) is 4.79 Å². The zero-order chi connectivity index (χ0) is 18.8. The third kappa shape index (κ3) is 4.57. The Kier molecular flexibility index (Phi) is 5.83. The molecule has 1 heterocycles. The maximum atomic E-state index is 12.8. The molecule has 136 valence electrons. The third-order valence-electron chi connectivity index (χ3n) is 3.18. The van der Waals surface area contributed by atoms with Crippen molar-refractivity contribution in [3.63, 3.8) is 0 Å². The molecule has 1 N–H and O–H groups in total. The van der Waals surface area contributed by atoms with Gasteiger partial charge in [-0.2, -0.15) is 13.2 Å². The molecule has 0 spiro atoms. The fraction of sp³-hybridized carbons (Fsp3) is 0.357. The van der Waals surface area contributed by atoms with E-state index in [1.807, 2.05) is 0 Å². The Morgan fingerprint density at radius 2 is 2.20 bits per heavy atom. The van der Waals surface area contributed by atoms with Gasteiger partial charge in [0.1, 0.15) is 0 Å². The Hall–Kier alpha value is -1.94. The molecule has 11 heteroatoms. The van der Waals surface area contributed by atoms with Crippen molar-refractivity contribution in [2.24, 2.45) is 7.05 Å². The number of amides is 1. The number of thioether (sulfide) groups is 1. The highest BCUT2D eigenvalue weighted by Crippen LogP contribution is 2.34. The van der Waals surface area contributed by atoms with Crippen LogP contribution in [0.15, 0.2) is 27.7 Å². The van der Waals surface area contributed by atoms with Gasteiger partial charge in [-0.15, -0.1) is 0 Å². The number of nitrogens with zero attached hydrogens (tertiary/aromatic N) is 2. The van der Waals surface area contributed by atoms with Crippen molar-refractivity contribution in [3.8, 4) is 5.95 Å². The lowest BCUT2D eigenvalue weighted by atomic mass is 10.2. The average Bonchev–Trinajstić information content (AvgIpc) is 2.84. The first-order valence-corrected chi connectivity index (χ1v) is 8.26. The Morgan fingerprint density at radius 3 is 2.72 bits per heavy atom. The van der Waals surface area contributed by atoms with Gasteiger partial charge < -0.3 is 14.9 Å². The number of carbonyl (C=O) groups is 1. The molecule has 0 bridgehead atoms. The van der Waals surface area contributed by atoms with E-state index in [0.717, 1.165) is 30.0 Å². The van der Waals surface area contributed by atoms with E-state index < -0.39 is 28.8 Å². The molecular formula is C14H13ClF3N3O3S. The van der Waals surface area contributed by atoms with E-state index in [2.05, 4.69) is 15.1 Å². The van der Waals surface area contributed by atoms with Gasteiger partial charge in [-0.25, -0.2) is 0 Å². The molecule has 0 aliphatic heterocycles. The molecule has 6 nitrogen and oxygen atoms in total. The van der Waals surface area contributed by atoms with Crippen LogP contribution in [-0.4, -0.2) is 16.4 Å². The number of aryl methyl sites for hydroxylation is 1. The smallest absolute Gasteiger partial charge is 0.416 e. The van der Waals surface area contributed by atoms with Crippen molar-refractivity contribution in [2.75, 3.05) is 5.32 Å². The third-order valence-corrected chi connectivity index (χ3v) is 5.00. The van der Waals surface area contributed by atoms with Crippen LogP contribution in [0.3, 0.4) is 0 Å². The summed E-state index contributed by atoms with van der Waals surface area (Å²) in [5.74, 6) is -1.29. The molecule has 1 amide bonds. The van der Waals surface area contributed by atoms with Gasteiger partial charge in [0, 0.05) is 0 Å². The van der Waals surface area contributed by atoms with Crippen LogP contribution in [-0.2, 0) is 18.0 Å². The predicted molar refractivity (Wildman–Crippen MR) is 82.1 cm³/mol. The van der Waals surface area contributed by atoms with Gasteiger partial charge in [0.05, 0.1) is 26.8 Å². The maximum absolute atomic E-state index is 12.8. The number of anilines is 1. The van der Waals surface area contributed by atoms with Crippen LogP contribution in [0.5, 0.6) is 5.95 Å². The molecule has 1 atom stereocenters. The Labute approximate surface area is 149 Å². The quantitative estimate of drug-likeness (QED) is 0.622. The number of carbonyl (C=O) groups excluding carboxylic acids is 1. The van der Waals surface area contributed by atoms with Crippen LogP contribution in [0.1, 0.15) is 18.9 Å². The normalized spacial score (nSPS) is 12.9. The summed E-state index contributed by atoms with van der Waals surface area (Å²) >= 11 is 6.77. The fourth-order valence-electron chi connectivity index (χ4n) is 1.90. The van der Waals surface area contributed by atoms with E-state index in [4.69, 9.17) is 11.6 Å². The van der Waals surface area contributed by atoms with Crippen LogP contribution in [0.4, 0.5) is 18.9 Å². The number of rotatable bonds is 5. The summed E-state index contributed by atoms with van der Waals surface area (Å²) in [6.07, 6.45) is -4.24. The largest absolute Gasteiger partial charge is 0.538 e. The summed E-state index contributed by atoms with van der Waals surface area (Å²) in [5.41, 5.74) is -1.09. The highest BCUT2D eigenvalue weighted by Gasteiger charge is 2.32. The SMILES string of the molecule is CCC(Sc1c([O-])on[n+]1C)C(=O)Nc1cc(C(F)(F)F)ccc1Cl. The van der Waals surface area contributed by atoms with E-state index >= 15 is 0 Å². The van der Waals surface area contributed by atoms with Gasteiger partial charge >= 0.3 is 6.18 Å². The summed E-state index contributed by atoms with van der Waals surface area (Å²) in [6.45, 7) is 1.70. The summed E-state index contributed by atoms with van der Waals surface area (Å²) < 4.78 is 44.0. The first-order valence-electron chi connectivity index (χ1n) is 7.00. The molecule has 0 saturated heterocycles. The number of hydrogen-bond donors (Lipinski definition) is 1. The second-order valence-electron chi connectivity index (χ2n) is 4.99. The molecule has 1 aromatic heterocycles. The molecule has 2 aromatic rings. The van der Waals surface area contributed by atoms with Gasteiger partial charge in [-0.05, 0) is 36.4 Å². The molecule has 2 rings (SSSR count). The van der Waals surface area contributed by atoms with E-state index in [0.29, 0.717) is 6.42 Å². The standard InChI is InChI=1S/C14H13ClF3N3O3S/c1-3-10(25-12-13(23)24-20-21(12)2)11(22)19-9-6-7(14(16,17)18)4-5-8(9)15/h4-6,10H,3H2,1-2H3,(H-,19,20,22,23). The first-order chi connectivity index (χ1) is 11.6. The number of hydrogen-bond acceptors (Lipinski definition) is 5. The minimum atomic E-state index is -4.56. The zero-order valence-electron chi connectivity index (χ0n) is 13.1. The van der Waals surface area contributed by atoms with Crippen LogP contribution in [0, 0.1) is 0 Å². The van der Waals surface area contributed by atoms with E-state index in [1.54, 1.807) is 6.92 Å². The van der Waals surface area contributed by atoms with Gasteiger partial charge in [-0.1, -0.05) is 23.2 Å². The summed E-state index contributed by atoms with van der Waals surface area (Å²) in [6, 6.07) is 2.64. The molecular weight excluding hydrogens is 383 g/mol. The zero-order valence-corrected chi connectivity index (χ0v) is 14.6. The minimum Gasteiger partial charge on any atom is -0.538 e. The average molecular weight is 396 g/mol. The molecule has 0 aliphatic carbocycles. The second-order valence-corrected chi connectivity index (χ2v) is 6.58. The molecule has 1 unspecified atom stereocenters. The van der Waals surface area contributed by atoms with E-state index in [9.17, 15) is 23.1 Å². The first kappa shape index (κ1) is 19.4. The number of alkyl halides is 3. The van der Waals surface area contributed by atoms with Crippen LogP contribution in [0.25, 0.3) is 0 Å². The lowest BCUT2D eigenvalue weighted by Crippen LogP contribution is -2.34. The van der Waals surface area contributed by atoms with E-state index in [1.165, 1.54) is 11.7 Å². The van der Waals surface area contributed by atoms with Crippen LogP contribution >= 0.6 is 23.4 Å². The lowest BCUT2D eigenvalue weighted by Gasteiger charge is -2.15. The summed E-state index contributed by atoms with van der Waals surface area (Å²) in [4.78, 5) is 12.4. The highest BCUT2D eigenvalue weighted by molar-refractivity contribution is 8.00. The van der Waals surface area contributed by atoms with Crippen molar-refractivity contribution in [2.45, 2.75) is 29.8 Å². The number of nitrogens with one attached hydrogen (secondary N) is 1. The minimum absolute atomic E-state index is 0.0266. The molecule has 0 fully saturated rings. The van der Waals surface area contributed by atoms with Crippen molar-refractivity contribution >= 4 is 35.0 Å². The maximum Gasteiger partial charge on any atom is 0.416 e. The summed E-state index contributed by atoms with van der Waals surface area (Å²) in [5, 5.41) is 16.7. The van der Waals surface area contributed by atoms with Gasteiger partial charge in [0.25, 0.3) is 5.03 Å². The summed E-state index contributed by atoms with van der Waals surface area (Å²) in [7, 11) is 1.47. The monoisotopic (exact) mass is 395 g/mol. The topological polar surface area (TPSA) is 82.1 Å². The molecule has 0 saturated carbocycles. The van der Waals surface area contributed by atoms with Crippen LogP contribution in [0.2, 0.25) is 5.02 Å². The molecule has 25 heavy (non-hydrogen) atoms. The van der Waals surface area contributed by atoms with E-state index in [-0.39, 0.29) is 15.7 Å². The fourth-order valence-corrected chi connectivity index (χ4v) is 2.98. The van der Waals surface area contributed by atoms with Crippen molar-refractivity contribution in [1.82, 2.24) is 5.27 Å². The molecule has 1 aromatic carbocycles. The number of aromatic nitrogens is 2. The van der Waals surface area contributed by atoms with Gasteiger partial charge in [0.15, 0.2) is 13.0 Å². The Balaban J connectivity index is 2.20. The highest BCUT2D eigenvalue weighted by atomic mass is 35.5. The Bertz CT molecular complexity index is 763. The number of benzene rings is 1. The van der Waals surface area contributed by atoms with Crippen molar-refractivity contribution in [1.29, 1.82) is 0 Å². The van der Waals surface area contributed by atoms with Gasteiger partial charge in [0.2, 0.25) is 5.91 Å². The van der Waals surface area contributed by atoms with Crippen LogP contribution < -0.4 is 15.1 Å². The second kappa shape index (κ2) is 7.52. The molecule has 0 aliphatic rings. The van der Waals surface area contributed by atoms with Crippen molar-refractivity contribution < 1.29 is 32.3 Å². The predicted octanol–water partition coefficient (Wildman–Crippen LogP) is 2.75. The van der Waals surface area contributed by atoms with Crippen molar-refractivity contribution in [3.05, 3.63) is 28.8 Å². The molecule has 0 radical (unpaired) electrons. The Morgan fingerprint density at radius 1 is 1.52 bits per heavy atom. The number of halogens is 4. The lowest BCUT2D eigenvalue weighted by molar-refractivity contribution is -0.772.